The molecule has 3 N–H and O–H groups in total. The standard InChI is InChI=1S/C19H24N2O4S/c1-12-8-15(26-11-12)6-7-20-18(24)16(22)17(23)19(25)21-9-13-4-2-3-5-14(13)10-21/h2-5,8,12,16-17,22-23H,6-7,9-11H2,1H3,(H,20,24)/t12?,16-,17-/m1/s1. The Labute approximate surface area is 157 Å². The summed E-state index contributed by atoms with van der Waals surface area (Å²) in [6.07, 6.45) is -0.657. The Hall–Kier alpha value is -1.83. The molecule has 6 nitrogen and oxygen atoms in total. The number of amides is 2. The van der Waals surface area contributed by atoms with E-state index in [1.807, 2.05) is 24.3 Å². The first kappa shape index (κ1) is 18.9. The van der Waals surface area contributed by atoms with Crippen LogP contribution in [0.4, 0.5) is 0 Å². The van der Waals surface area contributed by atoms with Crippen LogP contribution in [0.3, 0.4) is 0 Å². The minimum absolute atomic E-state index is 0.373. The highest BCUT2D eigenvalue weighted by Gasteiger charge is 2.35. The maximum atomic E-state index is 12.4. The molecule has 2 aliphatic heterocycles. The van der Waals surface area contributed by atoms with Crippen LogP contribution in [0, 0.1) is 5.92 Å². The average molecular weight is 376 g/mol. The molecule has 1 unspecified atom stereocenters. The summed E-state index contributed by atoms with van der Waals surface area (Å²) in [6, 6.07) is 7.64. The van der Waals surface area contributed by atoms with Gasteiger partial charge in [0.2, 0.25) is 0 Å². The van der Waals surface area contributed by atoms with Crippen molar-refractivity contribution in [1.29, 1.82) is 0 Å². The number of nitrogens with zero attached hydrogens (tertiary/aromatic N) is 1. The fourth-order valence-electron chi connectivity index (χ4n) is 3.18. The third-order valence-electron chi connectivity index (χ3n) is 4.65. The van der Waals surface area contributed by atoms with Gasteiger partial charge in [-0.1, -0.05) is 37.3 Å². The summed E-state index contributed by atoms with van der Waals surface area (Å²) < 4.78 is 0. The minimum atomic E-state index is -1.77. The summed E-state index contributed by atoms with van der Waals surface area (Å²) >= 11 is 1.77. The van der Waals surface area contributed by atoms with Gasteiger partial charge >= 0.3 is 0 Å². The van der Waals surface area contributed by atoms with Gasteiger partial charge in [0.1, 0.15) is 0 Å². The fraction of sp³-hybridized carbons (Fsp3) is 0.474. The Kier molecular flexibility index (Phi) is 6.01. The zero-order chi connectivity index (χ0) is 18.7. The Morgan fingerprint density at radius 3 is 2.46 bits per heavy atom. The Bertz CT molecular complexity index is 696. The first-order chi connectivity index (χ1) is 12.5. The first-order valence-corrected chi connectivity index (χ1v) is 9.77. The number of aliphatic hydroxyl groups is 2. The largest absolute Gasteiger partial charge is 0.380 e. The van der Waals surface area contributed by atoms with E-state index in [0.29, 0.717) is 32.0 Å². The van der Waals surface area contributed by atoms with Crippen molar-refractivity contribution in [3.8, 4) is 0 Å². The second-order valence-corrected chi connectivity index (χ2v) is 7.96. The second kappa shape index (κ2) is 8.24. The molecule has 0 aliphatic carbocycles. The number of hydrogen-bond donors (Lipinski definition) is 3. The lowest BCUT2D eigenvalue weighted by atomic mass is 10.1. The number of aliphatic hydroxyl groups excluding tert-OH is 2. The van der Waals surface area contributed by atoms with E-state index in [9.17, 15) is 19.8 Å². The molecule has 0 saturated carbocycles. The van der Waals surface area contributed by atoms with Crippen molar-refractivity contribution in [2.75, 3.05) is 12.3 Å². The third-order valence-corrected chi connectivity index (χ3v) is 6.05. The molecule has 2 amide bonds. The molecule has 1 aromatic rings. The number of benzene rings is 1. The van der Waals surface area contributed by atoms with Crippen molar-refractivity contribution in [3.05, 3.63) is 46.4 Å². The topological polar surface area (TPSA) is 89.9 Å². The van der Waals surface area contributed by atoms with Crippen molar-refractivity contribution in [3.63, 3.8) is 0 Å². The molecule has 0 fully saturated rings. The van der Waals surface area contributed by atoms with Gasteiger partial charge in [-0.05, 0) is 28.4 Å². The van der Waals surface area contributed by atoms with Crippen LogP contribution in [0.25, 0.3) is 0 Å². The van der Waals surface area contributed by atoms with E-state index in [2.05, 4.69) is 18.3 Å². The van der Waals surface area contributed by atoms with Crippen molar-refractivity contribution in [2.24, 2.45) is 5.92 Å². The predicted octanol–water partition coefficient (Wildman–Crippen LogP) is 1.02. The van der Waals surface area contributed by atoms with Gasteiger partial charge in [-0.15, -0.1) is 11.8 Å². The summed E-state index contributed by atoms with van der Waals surface area (Å²) in [4.78, 5) is 27.1. The van der Waals surface area contributed by atoms with Crippen LogP contribution < -0.4 is 5.32 Å². The molecule has 2 heterocycles. The van der Waals surface area contributed by atoms with E-state index >= 15 is 0 Å². The van der Waals surface area contributed by atoms with E-state index < -0.39 is 24.0 Å². The number of hydrogen-bond acceptors (Lipinski definition) is 5. The van der Waals surface area contributed by atoms with Crippen molar-refractivity contribution < 1.29 is 19.8 Å². The lowest BCUT2D eigenvalue weighted by Crippen LogP contribution is -2.49. The van der Waals surface area contributed by atoms with Gasteiger partial charge in [0, 0.05) is 25.4 Å². The minimum Gasteiger partial charge on any atom is -0.380 e. The van der Waals surface area contributed by atoms with E-state index in [1.165, 1.54) is 9.81 Å². The van der Waals surface area contributed by atoms with Crippen molar-refractivity contribution in [2.45, 2.75) is 38.6 Å². The molecule has 3 atom stereocenters. The van der Waals surface area contributed by atoms with Gasteiger partial charge in [0.15, 0.2) is 12.2 Å². The maximum Gasteiger partial charge on any atom is 0.255 e. The van der Waals surface area contributed by atoms with Crippen LogP contribution in [0.1, 0.15) is 24.5 Å². The van der Waals surface area contributed by atoms with Crippen LogP contribution in [-0.4, -0.2) is 51.4 Å². The van der Waals surface area contributed by atoms with Crippen LogP contribution in [-0.2, 0) is 22.7 Å². The smallest absolute Gasteiger partial charge is 0.255 e. The van der Waals surface area contributed by atoms with E-state index in [0.717, 1.165) is 16.9 Å². The highest BCUT2D eigenvalue weighted by atomic mass is 32.2. The zero-order valence-electron chi connectivity index (χ0n) is 14.7. The average Bonchev–Trinajstić information content (AvgIpc) is 3.25. The molecule has 0 aromatic heterocycles. The van der Waals surface area contributed by atoms with Crippen LogP contribution in [0.2, 0.25) is 0 Å². The third kappa shape index (κ3) is 4.28. The lowest BCUT2D eigenvalue weighted by Gasteiger charge is -2.22. The van der Waals surface area contributed by atoms with Gasteiger partial charge in [-0.25, -0.2) is 0 Å². The summed E-state index contributed by atoms with van der Waals surface area (Å²) in [5.74, 6) is 0.239. The summed E-state index contributed by atoms with van der Waals surface area (Å²) in [5.41, 5.74) is 2.03. The molecule has 0 spiro atoms. The first-order valence-electron chi connectivity index (χ1n) is 8.78. The van der Waals surface area contributed by atoms with E-state index in [-0.39, 0.29) is 0 Å². The maximum absolute atomic E-state index is 12.4. The normalized spacial score (nSPS) is 21.1. The number of carbonyl (C=O) groups excluding carboxylic acids is 2. The molecule has 0 saturated heterocycles. The van der Waals surface area contributed by atoms with Gasteiger partial charge in [-0.2, -0.15) is 0 Å². The summed E-state index contributed by atoms with van der Waals surface area (Å²) in [5, 5.41) is 22.8. The van der Waals surface area contributed by atoms with Crippen LogP contribution in [0.5, 0.6) is 0 Å². The number of nitrogens with one attached hydrogen (secondary N) is 1. The Morgan fingerprint density at radius 2 is 1.88 bits per heavy atom. The van der Waals surface area contributed by atoms with Crippen molar-refractivity contribution >= 4 is 23.6 Å². The summed E-state index contributed by atoms with van der Waals surface area (Å²) in [6.45, 7) is 3.27. The lowest BCUT2D eigenvalue weighted by molar-refractivity contribution is -0.153. The number of rotatable bonds is 6. The molecule has 26 heavy (non-hydrogen) atoms. The molecular formula is C19H24N2O4S. The quantitative estimate of drug-likeness (QED) is 0.690. The fourth-order valence-corrected chi connectivity index (χ4v) is 4.32. The van der Waals surface area contributed by atoms with Gasteiger partial charge in [-0.3, -0.25) is 9.59 Å². The highest BCUT2D eigenvalue weighted by molar-refractivity contribution is 8.03. The monoisotopic (exact) mass is 376 g/mol. The molecule has 7 heteroatoms. The SMILES string of the molecule is CC1C=C(CCNC(=O)[C@H](O)[C@@H](O)C(=O)N2Cc3ccccc3C2)SC1. The Balaban J connectivity index is 1.47. The molecule has 1 aromatic carbocycles. The van der Waals surface area contributed by atoms with E-state index in [4.69, 9.17) is 0 Å². The number of allylic oxidation sites excluding steroid dienone is 1. The molecule has 0 radical (unpaired) electrons. The number of carbonyl (C=O) groups is 2. The second-order valence-electron chi connectivity index (χ2n) is 6.81. The molecule has 2 aliphatic rings. The molecule has 3 rings (SSSR count). The van der Waals surface area contributed by atoms with Gasteiger partial charge in [0.05, 0.1) is 0 Å². The van der Waals surface area contributed by atoms with E-state index in [1.54, 1.807) is 11.8 Å². The number of fused-ring (bicyclic) bond motifs is 1. The van der Waals surface area contributed by atoms with Crippen molar-refractivity contribution in [1.82, 2.24) is 10.2 Å². The molecular weight excluding hydrogens is 352 g/mol. The number of thioether (sulfide) groups is 1. The van der Waals surface area contributed by atoms with Crippen LogP contribution >= 0.6 is 11.8 Å². The molecule has 140 valence electrons. The van der Waals surface area contributed by atoms with Gasteiger partial charge < -0.3 is 20.4 Å². The Morgan fingerprint density at radius 1 is 1.23 bits per heavy atom. The molecule has 0 bridgehead atoms. The highest BCUT2D eigenvalue weighted by Crippen LogP contribution is 2.30. The van der Waals surface area contributed by atoms with Crippen LogP contribution in [0.15, 0.2) is 35.2 Å². The summed E-state index contributed by atoms with van der Waals surface area (Å²) in [7, 11) is 0. The predicted molar refractivity (Wildman–Crippen MR) is 100 cm³/mol. The van der Waals surface area contributed by atoms with Gasteiger partial charge in [0.25, 0.3) is 11.8 Å². The zero-order valence-corrected chi connectivity index (χ0v) is 15.5.